The van der Waals surface area contributed by atoms with Gasteiger partial charge in [-0.3, -0.25) is 4.98 Å². The highest BCUT2D eigenvalue weighted by molar-refractivity contribution is 7.99. The predicted octanol–water partition coefficient (Wildman–Crippen LogP) is 2.66. The smallest absolute Gasteiger partial charge is 0.191 e. The van der Waals surface area contributed by atoms with E-state index < -0.39 is 0 Å². The molecule has 6 heteroatoms. The van der Waals surface area contributed by atoms with E-state index in [9.17, 15) is 0 Å². The topological polar surface area (TPSA) is 67.4 Å². The largest absolute Gasteiger partial charge is 0.305 e. The average molecular weight is 285 g/mol. The lowest BCUT2D eigenvalue weighted by molar-refractivity contribution is 0.702. The summed E-state index contributed by atoms with van der Waals surface area (Å²) in [5.74, 6) is 1.04. The Morgan fingerprint density at radius 2 is 2.30 bits per heavy atom. The number of aromatic nitrogens is 4. The predicted molar refractivity (Wildman–Crippen MR) is 76.8 cm³/mol. The van der Waals surface area contributed by atoms with Crippen LogP contribution in [0.3, 0.4) is 0 Å². The van der Waals surface area contributed by atoms with Crippen molar-refractivity contribution in [3.05, 3.63) is 24.5 Å². The minimum absolute atomic E-state index is 0.207. The summed E-state index contributed by atoms with van der Waals surface area (Å²) in [6.07, 6.45) is 6.57. The van der Waals surface area contributed by atoms with Crippen LogP contribution in [0.5, 0.6) is 0 Å². The first-order valence-electron chi connectivity index (χ1n) is 6.64. The van der Waals surface area contributed by atoms with Gasteiger partial charge in [-0.2, -0.15) is 5.26 Å². The molecule has 0 saturated heterocycles. The SMILES string of the molecule is Cn1c(S[C@@H]2CC[C@@H](C#N)C2)nnc1-c1cccnc1. The lowest BCUT2D eigenvalue weighted by atomic mass is 10.1. The molecule has 20 heavy (non-hydrogen) atoms. The molecule has 0 aromatic carbocycles. The van der Waals surface area contributed by atoms with Crippen molar-refractivity contribution in [3.8, 4) is 17.5 Å². The monoisotopic (exact) mass is 285 g/mol. The van der Waals surface area contributed by atoms with Gasteiger partial charge in [0.2, 0.25) is 0 Å². The lowest BCUT2D eigenvalue weighted by Crippen LogP contribution is -2.01. The molecule has 0 amide bonds. The molecule has 2 aromatic heterocycles. The number of hydrogen-bond donors (Lipinski definition) is 0. The summed E-state index contributed by atoms with van der Waals surface area (Å²) in [6.45, 7) is 0. The Kier molecular flexibility index (Phi) is 3.70. The van der Waals surface area contributed by atoms with E-state index in [1.54, 1.807) is 24.2 Å². The molecule has 5 nitrogen and oxygen atoms in total. The van der Waals surface area contributed by atoms with E-state index in [4.69, 9.17) is 5.26 Å². The van der Waals surface area contributed by atoms with Crippen LogP contribution in [-0.4, -0.2) is 25.0 Å². The molecule has 0 N–H and O–H groups in total. The van der Waals surface area contributed by atoms with Crippen molar-refractivity contribution in [2.24, 2.45) is 13.0 Å². The second-order valence-corrected chi connectivity index (χ2v) is 6.25. The van der Waals surface area contributed by atoms with Gasteiger partial charge in [-0.15, -0.1) is 10.2 Å². The maximum Gasteiger partial charge on any atom is 0.191 e. The fourth-order valence-electron chi connectivity index (χ4n) is 2.48. The summed E-state index contributed by atoms with van der Waals surface area (Å²) in [6, 6.07) is 6.23. The lowest BCUT2D eigenvalue weighted by Gasteiger charge is -2.08. The quantitative estimate of drug-likeness (QED) is 0.867. The summed E-state index contributed by atoms with van der Waals surface area (Å²) < 4.78 is 2.00. The van der Waals surface area contributed by atoms with Crippen LogP contribution >= 0.6 is 11.8 Å². The molecule has 1 saturated carbocycles. The maximum atomic E-state index is 8.96. The molecule has 0 radical (unpaired) electrons. The molecule has 2 heterocycles. The molecule has 0 spiro atoms. The Morgan fingerprint density at radius 1 is 1.40 bits per heavy atom. The first kappa shape index (κ1) is 13.1. The van der Waals surface area contributed by atoms with Crippen LogP contribution in [0.1, 0.15) is 19.3 Å². The van der Waals surface area contributed by atoms with Gasteiger partial charge in [-0.05, 0) is 31.4 Å². The van der Waals surface area contributed by atoms with Crippen LogP contribution in [-0.2, 0) is 7.05 Å². The van der Waals surface area contributed by atoms with Gasteiger partial charge in [0.1, 0.15) is 0 Å². The Bertz CT molecular complexity index is 631. The third-order valence-corrected chi connectivity index (χ3v) is 4.92. The standard InChI is InChI=1S/C14H15N5S/c1-19-13(11-3-2-6-16-9-11)17-18-14(19)20-12-5-4-10(7-12)8-15/h2-3,6,9-10,12H,4-5,7H2,1H3/t10-,12-/m1/s1. The normalized spacial score (nSPS) is 21.8. The Hall–Kier alpha value is -1.87. The van der Waals surface area contributed by atoms with Gasteiger partial charge in [0.25, 0.3) is 0 Å². The molecular formula is C14H15N5S. The van der Waals surface area contributed by atoms with E-state index in [1.807, 2.05) is 23.7 Å². The van der Waals surface area contributed by atoms with E-state index >= 15 is 0 Å². The summed E-state index contributed by atoms with van der Waals surface area (Å²) >= 11 is 1.73. The van der Waals surface area contributed by atoms with Crippen LogP contribution < -0.4 is 0 Å². The number of nitrogens with zero attached hydrogens (tertiary/aromatic N) is 5. The van der Waals surface area contributed by atoms with E-state index in [1.165, 1.54) is 0 Å². The molecular weight excluding hydrogens is 270 g/mol. The van der Waals surface area contributed by atoms with Crippen LogP contribution in [0.2, 0.25) is 0 Å². The number of thioether (sulfide) groups is 1. The van der Waals surface area contributed by atoms with Crippen LogP contribution in [0.15, 0.2) is 29.7 Å². The van der Waals surface area contributed by atoms with Gasteiger partial charge in [0.05, 0.1) is 6.07 Å². The van der Waals surface area contributed by atoms with Gasteiger partial charge in [0.15, 0.2) is 11.0 Å². The second kappa shape index (κ2) is 5.63. The van der Waals surface area contributed by atoms with E-state index in [0.717, 1.165) is 35.8 Å². The Morgan fingerprint density at radius 3 is 3.00 bits per heavy atom. The highest BCUT2D eigenvalue weighted by Crippen LogP contribution is 2.37. The zero-order valence-corrected chi connectivity index (χ0v) is 12.0. The van der Waals surface area contributed by atoms with E-state index in [-0.39, 0.29) is 5.92 Å². The first-order valence-corrected chi connectivity index (χ1v) is 7.52. The zero-order chi connectivity index (χ0) is 13.9. The highest BCUT2D eigenvalue weighted by Gasteiger charge is 2.27. The molecule has 1 aliphatic carbocycles. The van der Waals surface area contributed by atoms with Gasteiger partial charge in [-0.1, -0.05) is 11.8 Å². The van der Waals surface area contributed by atoms with Crippen molar-refractivity contribution in [2.45, 2.75) is 29.7 Å². The van der Waals surface area contributed by atoms with Gasteiger partial charge >= 0.3 is 0 Å². The summed E-state index contributed by atoms with van der Waals surface area (Å²) in [5, 5.41) is 18.9. The molecule has 1 fully saturated rings. The highest BCUT2D eigenvalue weighted by atomic mass is 32.2. The van der Waals surface area contributed by atoms with Crippen molar-refractivity contribution in [1.82, 2.24) is 19.7 Å². The van der Waals surface area contributed by atoms with Crippen molar-refractivity contribution >= 4 is 11.8 Å². The van der Waals surface area contributed by atoms with Crippen LogP contribution in [0.4, 0.5) is 0 Å². The molecule has 0 aliphatic heterocycles. The van der Waals surface area contributed by atoms with Crippen molar-refractivity contribution in [2.75, 3.05) is 0 Å². The molecule has 2 aromatic rings. The van der Waals surface area contributed by atoms with Crippen molar-refractivity contribution in [1.29, 1.82) is 5.26 Å². The molecule has 102 valence electrons. The first-order chi connectivity index (χ1) is 9.78. The maximum absolute atomic E-state index is 8.96. The number of rotatable bonds is 3. The molecule has 2 atom stereocenters. The van der Waals surface area contributed by atoms with Gasteiger partial charge in [0, 0.05) is 36.2 Å². The number of hydrogen-bond acceptors (Lipinski definition) is 5. The Balaban J connectivity index is 1.77. The van der Waals surface area contributed by atoms with Crippen LogP contribution in [0.25, 0.3) is 11.4 Å². The molecule has 0 unspecified atom stereocenters. The van der Waals surface area contributed by atoms with Crippen molar-refractivity contribution in [3.63, 3.8) is 0 Å². The van der Waals surface area contributed by atoms with E-state index in [0.29, 0.717) is 5.25 Å². The fraction of sp³-hybridized carbons (Fsp3) is 0.429. The third-order valence-electron chi connectivity index (χ3n) is 3.59. The Labute approximate surface area is 122 Å². The molecule has 3 rings (SSSR count). The summed E-state index contributed by atoms with van der Waals surface area (Å²) in [7, 11) is 1.97. The fourth-order valence-corrected chi connectivity index (χ4v) is 3.69. The minimum atomic E-state index is 0.207. The van der Waals surface area contributed by atoms with Crippen molar-refractivity contribution < 1.29 is 0 Å². The zero-order valence-electron chi connectivity index (χ0n) is 11.2. The average Bonchev–Trinajstić information content (AvgIpc) is 3.08. The second-order valence-electron chi connectivity index (χ2n) is 4.99. The molecule has 1 aliphatic rings. The van der Waals surface area contributed by atoms with E-state index in [2.05, 4.69) is 21.3 Å². The summed E-state index contributed by atoms with van der Waals surface area (Å²) in [5.41, 5.74) is 0.968. The number of nitriles is 1. The third kappa shape index (κ3) is 2.54. The van der Waals surface area contributed by atoms with Crippen LogP contribution in [0, 0.1) is 17.2 Å². The molecule has 0 bridgehead atoms. The van der Waals surface area contributed by atoms with Gasteiger partial charge in [-0.25, -0.2) is 0 Å². The minimum Gasteiger partial charge on any atom is -0.305 e. The van der Waals surface area contributed by atoms with Gasteiger partial charge < -0.3 is 4.57 Å². The summed E-state index contributed by atoms with van der Waals surface area (Å²) in [4.78, 5) is 4.11. The number of pyridine rings is 1.